The van der Waals surface area contributed by atoms with Gasteiger partial charge in [-0.2, -0.15) is 0 Å². The van der Waals surface area contributed by atoms with Crippen molar-refractivity contribution >= 4 is 17.6 Å². The Bertz CT molecular complexity index is 347. The highest BCUT2D eigenvalue weighted by Gasteiger charge is 2.25. The largest absolute Gasteiger partial charge is 0.485 e. The highest BCUT2D eigenvalue weighted by Crippen LogP contribution is 2.20. The van der Waals surface area contributed by atoms with E-state index < -0.39 is 5.97 Å². The van der Waals surface area contributed by atoms with Gasteiger partial charge in [0.15, 0.2) is 0 Å². The molecular formula is C11H16ClNO4. The van der Waals surface area contributed by atoms with E-state index in [2.05, 4.69) is 5.32 Å². The fourth-order valence-corrected chi connectivity index (χ4v) is 1.43. The SMILES string of the molecule is CC.O=C(O)C1=C(OC2COC2)C=C(Cl)NC1. The molecule has 96 valence electrons. The minimum absolute atomic E-state index is 0.0619. The Labute approximate surface area is 105 Å². The van der Waals surface area contributed by atoms with Crippen LogP contribution in [0.5, 0.6) is 0 Å². The molecule has 2 rings (SSSR count). The lowest BCUT2D eigenvalue weighted by Crippen LogP contribution is -2.37. The predicted molar refractivity (Wildman–Crippen MR) is 63.6 cm³/mol. The van der Waals surface area contributed by atoms with Crippen molar-refractivity contribution in [2.24, 2.45) is 0 Å². The maximum absolute atomic E-state index is 10.9. The summed E-state index contributed by atoms with van der Waals surface area (Å²) in [7, 11) is 0. The average molecular weight is 262 g/mol. The summed E-state index contributed by atoms with van der Waals surface area (Å²) >= 11 is 5.74. The average Bonchev–Trinajstić information content (AvgIpc) is 2.26. The standard InChI is InChI=1S/C9H10ClNO4.C2H6/c10-8-1-7(15-5-3-14-4-5)6(2-11-8)9(12)13;1-2/h1,5,11H,2-4H2,(H,12,13);1-2H3. The van der Waals surface area contributed by atoms with Crippen LogP contribution >= 0.6 is 11.6 Å². The Morgan fingerprint density at radius 2 is 2.24 bits per heavy atom. The minimum atomic E-state index is -1.00. The van der Waals surface area contributed by atoms with Crippen LogP contribution in [-0.2, 0) is 14.3 Å². The Morgan fingerprint density at radius 3 is 2.71 bits per heavy atom. The number of halogens is 1. The van der Waals surface area contributed by atoms with Crippen LogP contribution in [0.15, 0.2) is 22.6 Å². The summed E-state index contributed by atoms with van der Waals surface area (Å²) < 4.78 is 10.4. The van der Waals surface area contributed by atoms with Crippen molar-refractivity contribution in [1.29, 1.82) is 0 Å². The van der Waals surface area contributed by atoms with Gasteiger partial charge in [0.05, 0.1) is 25.3 Å². The number of rotatable bonds is 3. The van der Waals surface area contributed by atoms with Gasteiger partial charge in [0.1, 0.15) is 17.0 Å². The lowest BCUT2D eigenvalue weighted by atomic mass is 10.2. The van der Waals surface area contributed by atoms with Crippen molar-refractivity contribution in [2.45, 2.75) is 20.0 Å². The van der Waals surface area contributed by atoms with Gasteiger partial charge in [0.2, 0.25) is 0 Å². The first-order chi connectivity index (χ1) is 8.16. The molecule has 0 unspecified atom stereocenters. The first-order valence-corrected chi connectivity index (χ1v) is 5.86. The monoisotopic (exact) mass is 261 g/mol. The first kappa shape index (κ1) is 13.9. The van der Waals surface area contributed by atoms with Gasteiger partial charge in [0.25, 0.3) is 0 Å². The second-order valence-electron chi connectivity index (χ2n) is 3.27. The molecular weight excluding hydrogens is 246 g/mol. The molecule has 0 aromatic carbocycles. The third-order valence-corrected chi connectivity index (χ3v) is 2.39. The van der Waals surface area contributed by atoms with E-state index in [1.807, 2.05) is 13.8 Å². The van der Waals surface area contributed by atoms with Gasteiger partial charge in [-0.15, -0.1) is 0 Å². The number of aliphatic carboxylic acids is 1. The summed E-state index contributed by atoms with van der Waals surface area (Å²) in [5.41, 5.74) is 0.186. The zero-order chi connectivity index (χ0) is 12.8. The van der Waals surface area contributed by atoms with Gasteiger partial charge in [-0.25, -0.2) is 4.79 Å². The van der Waals surface area contributed by atoms with Crippen LogP contribution in [0.2, 0.25) is 0 Å². The number of hydrogen-bond acceptors (Lipinski definition) is 4. The summed E-state index contributed by atoms with van der Waals surface area (Å²) in [5, 5.41) is 12.0. The number of hydrogen-bond donors (Lipinski definition) is 2. The van der Waals surface area contributed by atoms with Crippen LogP contribution < -0.4 is 5.32 Å². The molecule has 0 aromatic heterocycles. The maximum Gasteiger partial charge on any atom is 0.337 e. The van der Waals surface area contributed by atoms with Gasteiger partial charge >= 0.3 is 5.97 Å². The first-order valence-electron chi connectivity index (χ1n) is 5.48. The van der Waals surface area contributed by atoms with Crippen molar-refractivity contribution in [3.63, 3.8) is 0 Å². The lowest BCUT2D eigenvalue weighted by molar-refractivity contribution is -0.134. The second-order valence-corrected chi connectivity index (χ2v) is 3.68. The molecule has 1 saturated heterocycles. The fourth-order valence-electron chi connectivity index (χ4n) is 1.26. The Balaban J connectivity index is 0.000000686. The topological polar surface area (TPSA) is 67.8 Å². The summed E-state index contributed by atoms with van der Waals surface area (Å²) in [4.78, 5) is 10.9. The molecule has 2 aliphatic rings. The van der Waals surface area contributed by atoms with E-state index in [0.29, 0.717) is 24.1 Å². The van der Waals surface area contributed by atoms with Gasteiger partial charge < -0.3 is 19.9 Å². The molecule has 2 aliphatic heterocycles. The van der Waals surface area contributed by atoms with Crippen molar-refractivity contribution in [3.8, 4) is 0 Å². The van der Waals surface area contributed by atoms with Gasteiger partial charge in [-0.1, -0.05) is 25.4 Å². The molecule has 0 spiro atoms. The number of allylic oxidation sites excluding steroid dienone is 1. The van der Waals surface area contributed by atoms with E-state index in [-0.39, 0.29) is 18.2 Å². The van der Waals surface area contributed by atoms with Crippen molar-refractivity contribution < 1.29 is 19.4 Å². The van der Waals surface area contributed by atoms with E-state index in [1.165, 1.54) is 6.08 Å². The van der Waals surface area contributed by atoms with E-state index in [0.717, 1.165) is 0 Å². The number of carboxylic acids is 1. The van der Waals surface area contributed by atoms with Crippen LogP contribution in [0.25, 0.3) is 0 Å². The quantitative estimate of drug-likeness (QED) is 0.753. The number of dihydropyridines is 1. The van der Waals surface area contributed by atoms with Crippen LogP contribution in [0.4, 0.5) is 0 Å². The lowest BCUT2D eigenvalue weighted by Gasteiger charge is -2.29. The Kier molecular flexibility index (Phi) is 5.31. The highest BCUT2D eigenvalue weighted by molar-refractivity contribution is 6.29. The molecule has 1 fully saturated rings. The molecule has 5 nitrogen and oxygen atoms in total. The van der Waals surface area contributed by atoms with Gasteiger partial charge in [0, 0.05) is 6.08 Å². The van der Waals surface area contributed by atoms with Crippen LogP contribution in [0.3, 0.4) is 0 Å². The number of carbonyl (C=O) groups is 1. The summed E-state index contributed by atoms with van der Waals surface area (Å²) in [5.74, 6) is -0.683. The second kappa shape index (κ2) is 6.51. The predicted octanol–water partition coefficient (Wildman–Crippen LogP) is 1.45. The molecule has 17 heavy (non-hydrogen) atoms. The molecule has 2 N–H and O–H groups in total. The minimum Gasteiger partial charge on any atom is -0.485 e. The molecule has 0 aromatic rings. The van der Waals surface area contributed by atoms with E-state index >= 15 is 0 Å². The van der Waals surface area contributed by atoms with Crippen LogP contribution in [0.1, 0.15) is 13.8 Å². The normalized spacial score (nSPS) is 19.4. The molecule has 0 radical (unpaired) electrons. The molecule has 0 atom stereocenters. The van der Waals surface area contributed by atoms with Crippen molar-refractivity contribution in [3.05, 3.63) is 22.6 Å². The molecule has 0 amide bonds. The van der Waals surface area contributed by atoms with Crippen LogP contribution in [0, 0.1) is 0 Å². The third kappa shape index (κ3) is 3.64. The third-order valence-electron chi connectivity index (χ3n) is 2.15. The molecule has 6 heteroatoms. The van der Waals surface area contributed by atoms with Gasteiger partial charge in [-0.05, 0) is 0 Å². The fraction of sp³-hybridized carbons (Fsp3) is 0.545. The highest BCUT2D eigenvalue weighted by atomic mass is 35.5. The number of carboxylic acid groups (broad SMARTS) is 1. The smallest absolute Gasteiger partial charge is 0.337 e. The number of ether oxygens (including phenoxy) is 2. The molecule has 2 heterocycles. The Hall–Kier alpha value is -1.20. The van der Waals surface area contributed by atoms with E-state index in [4.69, 9.17) is 26.2 Å². The van der Waals surface area contributed by atoms with Crippen LogP contribution in [-0.4, -0.2) is 36.9 Å². The number of nitrogens with one attached hydrogen (secondary N) is 1. The van der Waals surface area contributed by atoms with E-state index in [9.17, 15) is 4.79 Å². The summed E-state index contributed by atoms with van der Waals surface area (Å²) in [6, 6.07) is 0. The molecule has 0 aliphatic carbocycles. The van der Waals surface area contributed by atoms with E-state index in [1.54, 1.807) is 0 Å². The maximum atomic E-state index is 10.9. The van der Waals surface area contributed by atoms with Crippen molar-refractivity contribution in [1.82, 2.24) is 5.32 Å². The summed E-state index contributed by atoms with van der Waals surface area (Å²) in [6.45, 7) is 5.16. The Morgan fingerprint density at radius 1 is 1.59 bits per heavy atom. The summed E-state index contributed by atoms with van der Waals surface area (Å²) in [6.07, 6.45) is 1.42. The molecule has 0 saturated carbocycles. The van der Waals surface area contributed by atoms with Crippen molar-refractivity contribution in [2.75, 3.05) is 19.8 Å². The molecule has 0 bridgehead atoms. The zero-order valence-corrected chi connectivity index (χ0v) is 10.6. The van der Waals surface area contributed by atoms with Gasteiger partial charge in [-0.3, -0.25) is 0 Å². The zero-order valence-electron chi connectivity index (χ0n) is 9.83.